The average Bonchev–Trinajstić information content (AvgIpc) is 2.84. The van der Waals surface area contributed by atoms with Gasteiger partial charge in [-0.3, -0.25) is 4.98 Å². The summed E-state index contributed by atoms with van der Waals surface area (Å²) in [5.41, 5.74) is 0.999. The molecule has 0 fully saturated rings. The first-order chi connectivity index (χ1) is 10.3. The number of hydrogen-bond acceptors (Lipinski definition) is 6. The third-order valence-corrected chi connectivity index (χ3v) is 3.96. The molecule has 2 N–H and O–H groups in total. The van der Waals surface area contributed by atoms with E-state index in [1.165, 1.54) is 0 Å². The standard InChI is InChI=1S/C16H23N3O2S/c1-11-14(21-10-13(20)9-18-16(2,3)4)19-15(22-11)12-5-7-17-8-6-12/h5-8,13,18,20H,9-10H2,1-4H3. The molecule has 0 aliphatic rings. The number of aromatic nitrogens is 2. The van der Waals surface area contributed by atoms with Crippen molar-refractivity contribution in [1.29, 1.82) is 0 Å². The Morgan fingerprint density at radius 2 is 2.00 bits per heavy atom. The molecule has 0 aliphatic carbocycles. The lowest BCUT2D eigenvalue weighted by Crippen LogP contribution is -2.42. The van der Waals surface area contributed by atoms with Crippen molar-refractivity contribution in [1.82, 2.24) is 15.3 Å². The van der Waals surface area contributed by atoms with Gasteiger partial charge >= 0.3 is 0 Å². The van der Waals surface area contributed by atoms with Gasteiger partial charge in [0, 0.05) is 30.0 Å². The zero-order chi connectivity index (χ0) is 16.2. The zero-order valence-corrected chi connectivity index (χ0v) is 14.3. The number of hydrogen-bond donors (Lipinski definition) is 2. The van der Waals surface area contributed by atoms with Gasteiger partial charge in [-0.2, -0.15) is 0 Å². The highest BCUT2D eigenvalue weighted by molar-refractivity contribution is 7.15. The number of β-amino-alcohol motifs (C(OH)–C–C–N with tert-alkyl or cyclic N) is 1. The van der Waals surface area contributed by atoms with Crippen molar-refractivity contribution in [3.63, 3.8) is 0 Å². The van der Waals surface area contributed by atoms with E-state index in [9.17, 15) is 5.11 Å². The van der Waals surface area contributed by atoms with Crippen LogP contribution in [0.3, 0.4) is 0 Å². The van der Waals surface area contributed by atoms with Crippen LogP contribution >= 0.6 is 11.3 Å². The highest BCUT2D eigenvalue weighted by Crippen LogP contribution is 2.31. The number of thiazole rings is 1. The van der Waals surface area contributed by atoms with Crippen LogP contribution in [0.1, 0.15) is 25.6 Å². The fourth-order valence-corrected chi connectivity index (χ4v) is 2.66. The zero-order valence-electron chi connectivity index (χ0n) is 13.5. The topological polar surface area (TPSA) is 67.3 Å². The van der Waals surface area contributed by atoms with Crippen LogP contribution in [0.5, 0.6) is 5.88 Å². The summed E-state index contributed by atoms with van der Waals surface area (Å²) < 4.78 is 5.66. The predicted octanol–water partition coefficient (Wildman–Crippen LogP) is 2.64. The molecule has 0 saturated heterocycles. The molecule has 0 radical (unpaired) electrons. The number of aliphatic hydroxyl groups excluding tert-OH is 1. The van der Waals surface area contributed by atoms with E-state index in [-0.39, 0.29) is 12.1 Å². The minimum atomic E-state index is -0.565. The molecule has 2 aromatic heterocycles. The van der Waals surface area contributed by atoms with Crippen molar-refractivity contribution >= 4 is 11.3 Å². The van der Waals surface area contributed by atoms with Crippen LogP contribution in [0.4, 0.5) is 0 Å². The van der Waals surface area contributed by atoms with Crippen molar-refractivity contribution in [2.24, 2.45) is 0 Å². The van der Waals surface area contributed by atoms with Crippen molar-refractivity contribution in [2.45, 2.75) is 39.3 Å². The van der Waals surface area contributed by atoms with Crippen molar-refractivity contribution in [2.75, 3.05) is 13.2 Å². The Hall–Kier alpha value is -1.50. The summed E-state index contributed by atoms with van der Waals surface area (Å²) in [6.07, 6.45) is 2.92. The molecular weight excluding hydrogens is 298 g/mol. The SMILES string of the molecule is Cc1sc(-c2ccncc2)nc1OCC(O)CNC(C)(C)C. The molecule has 5 nitrogen and oxygen atoms in total. The van der Waals surface area contributed by atoms with Crippen LogP contribution in [-0.2, 0) is 0 Å². The Balaban J connectivity index is 1.92. The van der Waals surface area contributed by atoms with Crippen molar-refractivity contribution in [3.8, 4) is 16.5 Å². The van der Waals surface area contributed by atoms with E-state index in [0.29, 0.717) is 12.4 Å². The van der Waals surface area contributed by atoms with Crippen LogP contribution < -0.4 is 10.1 Å². The first-order valence-electron chi connectivity index (χ1n) is 7.29. The number of pyridine rings is 1. The van der Waals surface area contributed by atoms with E-state index in [1.807, 2.05) is 19.1 Å². The smallest absolute Gasteiger partial charge is 0.228 e. The molecule has 0 spiro atoms. The van der Waals surface area contributed by atoms with E-state index < -0.39 is 6.10 Å². The molecule has 1 atom stereocenters. The van der Waals surface area contributed by atoms with E-state index in [1.54, 1.807) is 23.7 Å². The van der Waals surface area contributed by atoms with E-state index in [2.05, 4.69) is 36.1 Å². The molecule has 22 heavy (non-hydrogen) atoms. The van der Waals surface area contributed by atoms with Gasteiger partial charge in [0.05, 0.1) is 4.88 Å². The number of nitrogens with one attached hydrogen (secondary N) is 1. The third kappa shape index (κ3) is 5.05. The number of aryl methyl sites for hydroxylation is 1. The average molecular weight is 321 g/mol. The van der Waals surface area contributed by atoms with Gasteiger partial charge in [-0.25, -0.2) is 4.98 Å². The van der Waals surface area contributed by atoms with Gasteiger partial charge in [0.2, 0.25) is 5.88 Å². The monoisotopic (exact) mass is 321 g/mol. The predicted molar refractivity (Wildman–Crippen MR) is 89.3 cm³/mol. The molecule has 0 aromatic carbocycles. The van der Waals surface area contributed by atoms with Gasteiger partial charge in [0.25, 0.3) is 0 Å². The lowest BCUT2D eigenvalue weighted by atomic mass is 10.1. The quantitative estimate of drug-likeness (QED) is 0.856. The maximum Gasteiger partial charge on any atom is 0.228 e. The molecule has 2 aromatic rings. The molecule has 0 amide bonds. The normalized spacial score (nSPS) is 13.1. The van der Waals surface area contributed by atoms with Crippen LogP contribution in [0.25, 0.3) is 10.6 Å². The second-order valence-electron chi connectivity index (χ2n) is 6.21. The lowest BCUT2D eigenvalue weighted by molar-refractivity contribution is 0.0978. The highest BCUT2D eigenvalue weighted by Gasteiger charge is 2.15. The molecule has 2 rings (SSSR count). The summed E-state index contributed by atoms with van der Waals surface area (Å²) >= 11 is 1.58. The van der Waals surface area contributed by atoms with Crippen LogP contribution in [0, 0.1) is 6.92 Å². The highest BCUT2D eigenvalue weighted by atomic mass is 32.1. The third-order valence-electron chi connectivity index (χ3n) is 2.96. The Bertz CT molecular complexity index is 593. The summed E-state index contributed by atoms with van der Waals surface area (Å²) in [4.78, 5) is 9.51. The summed E-state index contributed by atoms with van der Waals surface area (Å²) in [6.45, 7) is 8.87. The van der Waals surface area contributed by atoms with Crippen LogP contribution in [0.2, 0.25) is 0 Å². The molecule has 0 bridgehead atoms. The number of aliphatic hydroxyl groups is 1. The van der Waals surface area contributed by atoms with Gasteiger partial charge in [0.1, 0.15) is 17.7 Å². The minimum absolute atomic E-state index is 0.0218. The summed E-state index contributed by atoms with van der Waals surface area (Å²) in [5, 5.41) is 14.1. The van der Waals surface area contributed by atoms with Gasteiger partial charge in [-0.05, 0) is 39.8 Å². The van der Waals surface area contributed by atoms with Crippen molar-refractivity contribution in [3.05, 3.63) is 29.4 Å². The summed E-state index contributed by atoms with van der Waals surface area (Å²) in [7, 11) is 0. The minimum Gasteiger partial charge on any atom is -0.474 e. The number of nitrogens with zero attached hydrogens (tertiary/aromatic N) is 2. The maximum absolute atomic E-state index is 9.97. The second-order valence-corrected chi connectivity index (χ2v) is 7.42. The Kier molecular flexibility index (Phi) is 5.50. The number of rotatable bonds is 6. The van der Waals surface area contributed by atoms with Crippen LogP contribution in [0.15, 0.2) is 24.5 Å². The second kappa shape index (κ2) is 7.17. The first kappa shape index (κ1) is 16.9. The fraction of sp³-hybridized carbons (Fsp3) is 0.500. The summed E-state index contributed by atoms with van der Waals surface area (Å²) in [5.74, 6) is 0.589. The number of ether oxygens (including phenoxy) is 1. The van der Waals surface area contributed by atoms with Gasteiger partial charge in [-0.15, -0.1) is 11.3 Å². The van der Waals surface area contributed by atoms with E-state index in [4.69, 9.17) is 4.74 Å². The van der Waals surface area contributed by atoms with Crippen molar-refractivity contribution < 1.29 is 9.84 Å². The van der Waals surface area contributed by atoms with E-state index in [0.717, 1.165) is 15.4 Å². The molecular formula is C16H23N3O2S. The maximum atomic E-state index is 9.97. The van der Waals surface area contributed by atoms with Gasteiger partial charge in [0.15, 0.2) is 0 Å². The molecule has 2 heterocycles. The Morgan fingerprint density at radius 1 is 1.32 bits per heavy atom. The summed E-state index contributed by atoms with van der Waals surface area (Å²) in [6, 6.07) is 3.84. The Labute approximate surface area is 135 Å². The Morgan fingerprint density at radius 3 is 2.64 bits per heavy atom. The lowest BCUT2D eigenvalue weighted by Gasteiger charge is -2.22. The largest absolute Gasteiger partial charge is 0.474 e. The molecule has 120 valence electrons. The van der Waals surface area contributed by atoms with Crippen LogP contribution in [-0.4, -0.2) is 39.9 Å². The van der Waals surface area contributed by atoms with E-state index >= 15 is 0 Å². The molecule has 1 unspecified atom stereocenters. The van der Waals surface area contributed by atoms with Gasteiger partial charge in [-0.1, -0.05) is 0 Å². The molecule has 6 heteroatoms. The molecule has 0 aliphatic heterocycles. The van der Waals surface area contributed by atoms with Gasteiger partial charge < -0.3 is 15.2 Å². The first-order valence-corrected chi connectivity index (χ1v) is 8.10. The molecule has 0 saturated carbocycles. The fourth-order valence-electron chi connectivity index (χ4n) is 1.79.